The molecule has 0 fully saturated rings. The first-order valence-corrected chi connectivity index (χ1v) is 12.3. The van der Waals surface area contributed by atoms with E-state index in [1.54, 1.807) is 0 Å². The molecule has 5 amide bonds. The molecule has 1 aromatic rings. The van der Waals surface area contributed by atoms with Crippen LogP contribution in [0.15, 0.2) is 24.3 Å². The van der Waals surface area contributed by atoms with Gasteiger partial charge in [-0.05, 0) is 49.9 Å². The summed E-state index contributed by atoms with van der Waals surface area (Å²) in [5.41, 5.74) is 21.9. The molecule has 0 spiro atoms. The van der Waals surface area contributed by atoms with Gasteiger partial charge in [0.25, 0.3) is 0 Å². The van der Waals surface area contributed by atoms with Crippen LogP contribution in [0.5, 0.6) is 5.75 Å². The molecule has 216 valence electrons. The van der Waals surface area contributed by atoms with Crippen molar-refractivity contribution >= 4 is 35.5 Å². The van der Waals surface area contributed by atoms with Gasteiger partial charge in [-0.2, -0.15) is 0 Å². The number of aromatic hydroxyl groups is 1. The van der Waals surface area contributed by atoms with Crippen LogP contribution in [-0.2, 0) is 35.2 Å². The lowest BCUT2D eigenvalue weighted by molar-refractivity contribution is -0.142. The lowest BCUT2D eigenvalue weighted by Gasteiger charge is -2.25. The maximum atomic E-state index is 13.3. The Kier molecular flexibility index (Phi) is 13.9. The molecule has 0 aromatic heterocycles. The largest absolute Gasteiger partial charge is 0.508 e. The second-order valence-electron chi connectivity index (χ2n) is 8.96. The number of phenolic OH excluding ortho intramolecular Hbond substituents is 1. The second kappa shape index (κ2) is 16.6. The molecule has 4 atom stereocenters. The predicted molar refractivity (Wildman–Crippen MR) is 138 cm³/mol. The van der Waals surface area contributed by atoms with E-state index in [9.17, 15) is 39.0 Å². The van der Waals surface area contributed by atoms with Gasteiger partial charge in [0, 0.05) is 12.8 Å². The molecule has 0 aliphatic carbocycles. The number of hydrogen-bond donors (Lipinski definition) is 9. The average Bonchev–Trinajstić information content (AvgIpc) is 2.85. The van der Waals surface area contributed by atoms with Gasteiger partial charge in [-0.15, -0.1) is 0 Å². The first kappa shape index (κ1) is 32.8. The van der Waals surface area contributed by atoms with Crippen LogP contribution in [0.25, 0.3) is 0 Å². The lowest BCUT2D eigenvalue weighted by Crippen LogP contribution is -2.58. The number of carbonyl (C=O) groups excluding carboxylic acids is 5. The number of amides is 5. The van der Waals surface area contributed by atoms with Crippen LogP contribution < -0.4 is 38.9 Å². The van der Waals surface area contributed by atoms with E-state index < -0.39 is 66.1 Å². The summed E-state index contributed by atoms with van der Waals surface area (Å²) in [6, 6.07) is 0.426. The summed E-state index contributed by atoms with van der Waals surface area (Å²) >= 11 is 0. The third kappa shape index (κ3) is 12.7. The third-order valence-electron chi connectivity index (χ3n) is 5.64. The standard InChI is InChI=1S/C24H37N7O8/c25-10-2-1-3-17(24(38)39)30-22(36)16(8-9-19(27)33)29-23(37)18(11-13-4-6-14(32)7-5-13)31-21(35)15(26)12-20(28)34/h4-7,15-18,32H,1-3,8-12,25-26H2,(H2,27,33)(H2,28,34)(H,29,37)(H,30,36)(H,31,35)(H,38,39). The SMILES string of the molecule is NCCCCC(NC(=O)C(CCC(N)=O)NC(=O)C(Cc1ccc(O)cc1)NC(=O)C(N)CC(N)=O)C(=O)O. The summed E-state index contributed by atoms with van der Waals surface area (Å²) in [4.78, 5) is 72.9. The minimum atomic E-state index is -1.38. The fraction of sp³-hybridized carbons (Fsp3) is 0.500. The summed E-state index contributed by atoms with van der Waals surface area (Å²) in [6.45, 7) is 0.342. The fourth-order valence-electron chi connectivity index (χ4n) is 3.52. The van der Waals surface area contributed by atoms with Crippen molar-refractivity contribution in [1.82, 2.24) is 16.0 Å². The molecule has 0 aliphatic rings. The number of nitrogens with two attached hydrogens (primary N) is 4. The van der Waals surface area contributed by atoms with Crippen molar-refractivity contribution in [3.05, 3.63) is 29.8 Å². The molecule has 15 heteroatoms. The Hall–Kier alpha value is -4.24. The van der Waals surface area contributed by atoms with Crippen LogP contribution in [0.3, 0.4) is 0 Å². The van der Waals surface area contributed by atoms with Crippen molar-refractivity contribution in [2.45, 2.75) is 69.1 Å². The van der Waals surface area contributed by atoms with Gasteiger partial charge < -0.3 is 49.1 Å². The Morgan fingerprint density at radius 1 is 0.769 bits per heavy atom. The molecule has 0 heterocycles. The Balaban J connectivity index is 3.14. The minimum absolute atomic E-state index is 0.0325. The topological polar surface area (TPSA) is 283 Å². The molecule has 39 heavy (non-hydrogen) atoms. The predicted octanol–water partition coefficient (Wildman–Crippen LogP) is -2.93. The molecular weight excluding hydrogens is 514 g/mol. The smallest absolute Gasteiger partial charge is 0.326 e. The molecule has 4 unspecified atom stereocenters. The summed E-state index contributed by atoms with van der Waals surface area (Å²) in [5.74, 6) is -5.51. The molecule has 1 aromatic carbocycles. The Labute approximate surface area is 225 Å². The van der Waals surface area contributed by atoms with E-state index in [-0.39, 0.29) is 31.4 Å². The van der Waals surface area contributed by atoms with E-state index in [1.807, 2.05) is 0 Å². The molecule has 0 radical (unpaired) electrons. The van der Waals surface area contributed by atoms with E-state index >= 15 is 0 Å². The Morgan fingerprint density at radius 2 is 1.33 bits per heavy atom. The van der Waals surface area contributed by atoms with Crippen LogP contribution in [0, 0.1) is 0 Å². The summed E-state index contributed by atoms with van der Waals surface area (Å²) in [5, 5.41) is 26.2. The zero-order valence-corrected chi connectivity index (χ0v) is 21.4. The first-order chi connectivity index (χ1) is 18.3. The lowest BCUT2D eigenvalue weighted by atomic mass is 10.0. The molecule has 0 saturated heterocycles. The van der Waals surface area contributed by atoms with Crippen LogP contribution in [0.4, 0.5) is 0 Å². The second-order valence-corrected chi connectivity index (χ2v) is 8.96. The monoisotopic (exact) mass is 551 g/mol. The number of benzene rings is 1. The highest BCUT2D eigenvalue weighted by Crippen LogP contribution is 2.12. The van der Waals surface area contributed by atoms with Crippen LogP contribution in [-0.4, -0.2) is 76.4 Å². The maximum absolute atomic E-state index is 13.3. The highest BCUT2D eigenvalue weighted by Gasteiger charge is 2.31. The molecule has 0 bridgehead atoms. The van der Waals surface area contributed by atoms with Crippen molar-refractivity contribution in [3.63, 3.8) is 0 Å². The van der Waals surface area contributed by atoms with E-state index in [0.717, 1.165) is 0 Å². The number of aliphatic carboxylic acids is 1. The number of primary amides is 2. The van der Waals surface area contributed by atoms with E-state index in [2.05, 4.69) is 16.0 Å². The number of carboxylic acid groups (broad SMARTS) is 1. The fourth-order valence-corrected chi connectivity index (χ4v) is 3.52. The molecule has 13 N–H and O–H groups in total. The summed E-state index contributed by atoms with van der Waals surface area (Å²) in [6.07, 6.45) is -0.0841. The summed E-state index contributed by atoms with van der Waals surface area (Å²) < 4.78 is 0. The zero-order valence-electron chi connectivity index (χ0n) is 21.4. The van der Waals surface area contributed by atoms with Gasteiger partial charge in [-0.3, -0.25) is 24.0 Å². The number of carbonyl (C=O) groups is 6. The Morgan fingerprint density at radius 3 is 1.87 bits per heavy atom. The van der Waals surface area contributed by atoms with Crippen molar-refractivity contribution in [2.75, 3.05) is 6.54 Å². The van der Waals surface area contributed by atoms with Crippen molar-refractivity contribution in [1.29, 1.82) is 0 Å². The first-order valence-electron chi connectivity index (χ1n) is 12.3. The van der Waals surface area contributed by atoms with Gasteiger partial charge >= 0.3 is 5.97 Å². The minimum Gasteiger partial charge on any atom is -0.508 e. The van der Waals surface area contributed by atoms with Crippen LogP contribution in [0.2, 0.25) is 0 Å². The van der Waals surface area contributed by atoms with E-state index in [0.29, 0.717) is 24.9 Å². The third-order valence-corrected chi connectivity index (χ3v) is 5.64. The van der Waals surface area contributed by atoms with Crippen LogP contribution in [0.1, 0.15) is 44.1 Å². The van der Waals surface area contributed by atoms with Crippen molar-refractivity contribution in [3.8, 4) is 5.75 Å². The van der Waals surface area contributed by atoms with Gasteiger partial charge in [0.05, 0.1) is 12.5 Å². The molecular formula is C24H37N7O8. The highest BCUT2D eigenvalue weighted by molar-refractivity contribution is 5.95. The van der Waals surface area contributed by atoms with Gasteiger partial charge in [0.2, 0.25) is 29.5 Å². The Bertz CT molecular complexity index is 1020. The number of nitrogens with one attached hydrogen (secondary N) is 3. The number of hydrogen-bond acceptors (Lipinski definition) is 9. The van der Waals surface area contributed by atoms with E-state index in [1.165, 1.54) is 24.3 Å². The number of carboxylic acids is 1. The van der Waals surface area contributed by atoms with Crippen LogP contribution >= 0.6 is 0 Å². The molecule has 1 rings (SSSR count). The zero-order chi connectivity index (χ0) is 29.5. The number of rotatable bonds is 18. The molecule has 15 nitrogen and oxygen atoms in total. The van der Waals surface area contributed by atoms with E-state index in [4.69, 9.17) is 22.9 Å². The average molecular weight is 552 g/mol. The van der Waals surface area contributed by atoms with Gasteiger partial charge in [0.1, 0.15) is 23.9 Å². The van der Waals surface area contributed by atoms with Crippen molar-refractivity contribution < 1.29 is 39.0 Å². The highest BCUT2D eigenvalue weighted by atomic mass is 16.4. The van der Waals surface area contributed by atoms with Gasteiger partial charge in [0.15, 0.2) is 0 Å². The maximum Gasteiger partial charge on any atom is 0.326 e. The van der Waals surface area contributed by atoms with Gasteiger partial charge in [-0.25, -0.2) is 4.79 Å². The quantitative estimate of drug-likeness (QED) is 0.0837. The number of phenols is 1. The van der Waals surface area contributed by atoms with Gasteiger partial charge in [-0.1, -0.05) is 12.1 Å². The molecule has 0 aliphatic heterocycles. The molecule has 0 saturated carbocycles. The normalized spacial score (nSPS) is 13.8. The summed E-state index contributed by atoms with van der Waals surface area (Å²) in [7, 11) is 0. The van der Waals surface area contributed by atoms with Crippen molar-refractivity contribution in [2.24, 2.45) is 22.9 Å². The number of unbranched alkanes of at least 4 members (excludes halogenated alkanes) is 1.